The van der Waals surface area contributed by atoms with Gasteiger partial charge in [-0.25, -0.2) is 8.78 Å². The van der Waals surface area contributed by atoms with Gasteiger partial charge in [0.15, 0.2) is 11.6 Å². The van der Waals surface area contributed by atoms with Gasteiger partial charge in [0.05, 0.1) is 5.50 Å². The fraction of sp³-hybridized carbons (Fsp3) is 0.143. The summed E-state index contributed by atoms with van der Waals surface area (Å²) in [5.41, 5.74) is -0.982. The molecular weight excluding hydrogens is 265 g/mol. The van der Waals surface area contributed by atoms with Gasteiger partial charge in [-0.15, -0.1) is 11.8 Å². The highest BCUT2D eigenvalue weighted by Gasteiger charge is 2.34. The lowest BCUT2D eigenvalue weighted by Gasteiger charge is -2.27. The van der Waals surface area contributed by atoms with Crippen molar-refractivity contribution in [1.29, 1.82) is 0 Å². The highest BCUT2D eigenvalue weighted by atomic mass is 32.2. The van der Waals surface area contributed by atoms with E-state index in [1.54, 1.807) is 18.2 Å². The quantitative estimate of drug-likeness (QED) is 0.745. The highest BCUT2D eigenvalue weighted by molar-refractivity contribution is 7.98. The number of aliphatic hydroxyl groups is 1. The van der Waals surface area contributed by atoms with E-state index in [0.717, 1.165) is 11.0 Å². The zero-order chi connectivity index (χ0) is 13.6. The van der Waals surface area contributed by atoms with Crippen molar-refractivity contribution >= 4 is 19.6 Å². The minimum atomic E-state index is -1.82. The molecular formula is C14H9BF2OS. The van der Waals surface area contributed by atoms with Crippen molar-refractivity contribution in [2.24, 2.45) is 0 Å². The lowest BCUT2D eigenvalue weighted by atomic mass is 9.69. The molecule has 94 valence electrons. The highest BCUT2D eigenvalue weighted by Crippen LogP contribution is 2.42. The molecule has 1 nitrogen and oxygen atoms in total. The summed E-state index contributed by atoms with van der Waals surface area (Å²) in [6, 6.07) is 9.40. The SMILES string of the molecule is [B]C1(O)c2ccccc2SCc2c1ccc(F)c2F. The van der Waals surface area contributed by atoms with Gasteiger partial charge in [-0.2, -0.15) is 0 Å². The average molecular weight is 274 g/mol. The summed E-state index contributed by atoms with van der Waals surface area (Å²) in [7, 11) is 5.97. The predicted octanol–water partition coefficient (Wildman–Crippen LogP) is 2.93. The number of thioether (sulfide) groups is 1. The van der Waals surface area contributed by atoms with Crippen LogP contribution >= 0.6 is 11.8 Å². The second kappa shape index (κ2) is 4.35. The fourth-order valence-electron chi connectivity index (χ4n) is 2.29. The summed E-state index contributed by atoms with van der Waals surface area (Å²) in [5, 5.41) is 10.5. The molecule has 2 radical (unpaired) electrons. The molecule has 0 aromatic heterocycles. The van der Waals surface area contributed by atoms with E-state index < -0.39 is 17.1 Å². The molecule has 0 fully saturated rings. The van der Waals surface area contributed by atoms with Crippen LogP contribution in [0.15, 0.2) is 41.3 Å². The minimum absolute atomic E-state index is 0.117. The van der Waals surface area contributed by atoms with Crippen LogP contribution in [0.25, 0.3) is 0 Å². The van der Waals surface area contributed by atoms with Crippen LogP contribution in [-0.4, -0.2) is 13.0 Å². The lowest BCUT2D eigenvalue weighted by molar-refractivity contribution is 0.168. The van der Waals surface area contributed by atoms with Crippen molar-refractivity contribution in [2.45, 2.75) is 16.1 Å². The van der Waals surface area contributed by atoms with Gasteiger partial charge in [-0.3, -0.25) is 0 Å². The Kier molecular flexibility index (Phi) is 2.91. The van der Waals surface area contributed by atoms with E-state index in [-0.39, 0.29) is 16.9 Å². The van der Waals surface area contributed by atoms with E-state index in [4.69, 9.17) is 7.85 Å². The van der Waals surface area contributed by atoms with Crippen LogP contribution in [0.5, 0.6) is 0 Å². The summed E-state index contributed by atoms with van der Waals surface area (Å²) in [4.78, 5) is 0.767. The molecule has 19 heavy (non-hydrogen) atoms. The van der Waals surface area contributed by atoms with Gasteiger partial charge in [0.25, 0.3) is 0 Å². The fourth-order valence-corrected chi connectivity index (χ4v) is 3.43. The monoisotopic (exact) mass is 274 g/mol. The van der Waals surface area contributed by atoms with E-state index in [1.807, 2.05) is 6.07 Å². The molecule has 5 heteroatoms. The Morgan fingerprint density at radius 1 is 1.11 bits per heavy atom. The number of benzene rings is 2. The van der Waals surface area contributed by atoms with Crippen LogP contribution in [0.1, 0.15) is 16.7 Å². The average Bonchev–Trinajstić information content (AvgIpc) is 2.50. The standard InChI is InChI=1S/C14H9BF2OS/c15-14(18)9-5-6-11(16)13(17)8(9)7-19-12-4-2-1-3-10(12)14/h1-6,18H,7H2. The maximum Gasteiger partial charge on any atom is 0.163 e. The van der Waals surface area contributed by atoms with Gasteiger partial charge in [0.2, 0.25) is 0 Å². The molecule has 0 spiro atoms. The Bertz CT molecular complexity index is 658. The van der Waals surface area contributed by atoms with Crippen LogP contribution in [0, 0.1) is 11.6 Å². The maximum absolute atomic E-state index is 13.9. The normalized spacial score (nSPS) is 21.4. The molecule has 3 rings (SSSR count). The molecule has 1 unspecified atom stereocenters. The second-order valence-electron chi connectivity index (χ2n) is 4.44. The third kappa shape index (κ3) is 1.88. The number of halogens is 2. The maximum atomic E-state index is 13.9. The van der Waals surface area contributed by atoms with E-state index in [1.165, 1.54) is 17.8 Å². The van der Waals surface area contributed by atoms with Gasteiger partial charge in [0, 0.05) is 16.2 Å². The molecule has 1 heterocycles. The van der Waals surface area contributed by atoms with E-state index in [0.29, 0.717) is 5.56 Å². The number of rotatable bonds is 0. The Labute approximate surface area is 115 Å². The molecule has 1 aliphatic heterocycles. The molecule has 2 aromatic carbocycles. The summed E-state index contributed by atoms with van der Waals surface area (Å²) in [6.07, 6.45) is 0. The Morgan fingerprint density at radius 2 is 1.84 bits per heavy atom. The third-order valence-electron chi connectivity index (χ3n) is 3.28. The molecule has 0 saturated carbocycles. The van der Waals surface area contributed by atoms with Gasteiger partial charge in [-0.1, -0.05) is 24.3 Å². The summed E-state index contributed by atoms with van der Waals surface area (Å²) >= 11 is 1.33. The van der Waals surface area contributed by atoms with Gasteiger partial charge < -0.3 is 5.11 Å². The third-order valence-corrected chi connectivity index (χ3v) is 4.38. The molecule has 0 amide bonds. The zero-order valence-electron chi connectivity index (χ0n) is 9.86. The molecule has 2 aromatic rings. The van der Waals surface area contributed by atoms with Crippen LogP contribution in [0.3, 0.4) is 0 Å². The van der Waals surface area contributed by atoms with Crippen molar-refractivity contribution in [1.82, 2.24) is 0 Å². The van der Waals surface area contributed by atoms with Crippen molar-refractivity contribution < 1.29 is 13.9 Å². The smallest absolute Gasteiger partial charge is 0.163 e. The molecule has 1 aliphatic rings. The van der Waals surface area contributed by atoms with Crippen LogP contribution in [0.4, 0.5) is 8.78 Å². The molecule has 0 bridgehead atoms. The number of hydrogen-bond donors (Lipinski definition) is 1. The van der Waals surface area contributed by atoms with E-state index in [2.05, 4.69) is 0 Å². The largest absolute Gasteiger partial charge is 0.391 e. The van der Waals surface area contributed by atoms with Crippen LogP contribution in [-0.2, 0) is 11.3 Å². The lowest BCUT2D eigenvalue weighted by Crippen LogP contribution is -2.29. The zero-order valence-corrected chi connectivity index (χ0v) is 10.7. The predicted molar refractivity (Wildman–Crippen MR) is 71.1 cm³/mol. The first-order chi connectivity index (χ1) is 9.01. The van der Waals surface area contributed by atoms with Crippen molar-refractivity contribution in [3.8, 4) is 0 Å². The van der Waals surface area contributed by atoms with Crippen molar-refractivity contribution in [3.05, 3.63) is 64.7 Å². The van der Waals surface area contributed by atoms with Crippen molar-refractivity contribution in [3.63, 3.8) is 0 Å². The molecule has 1 atom stereocenters. The summed E-state index contributed by atoms with van der Waals surface area (Å²) < 4.78 is 27.2. The van der Waals surface area contributed by atoms with Gasteiger partial charge in [-0.05, 0) is 23.3 Å². The molecule has 0 saturated heterocycles. The Hall–Kier alpha value is -1.33. The van der Waals surface area contributed by atoms with Crippen LogP contribution < -0.4 is 0 Å². The van der Waals surface area contributed by atoms with Gasteiger partial charge in [0.1, 0.15) is 7.85 Å². The van der Waals surface area contributed by atoms with E-state index in [9.17, 15) is 13.9 Å². The number of hydrogen-bond acceptors (Lipinski definition) is 2. The topological polar surface area (TPSA) is 20.2 Å². The van der Waals surface area contributed by atoms with E-state index >= 15 is 0 Å². The Morgan fingerprint density at radius 3 is 2.63 bits per heavy atom. The minimum Gasteiger partial charge on any atom is -0.391 e. The van der Waals surface area contributed by atoms with Crippen molar-refractivity contribution in [2.75, 3.05) is 0 Å². The van der Waals surface area contributed by atoms with Crippen LogP contribution in [0.2, 0.25) is 0 Å². The number of fused-ring (bicyclic) bond motifs is 2. The Balaban J connectivity index is 2.29. The molecule has 0 aliphatic carbocycles. The summed E-state index contributed by atoms with van der Waals surface area (Å²) in [5.74, 6) is -1.64. The van der Waals surface area contributed by atoms with Gasteiger partial charge >= 0.3 is 0 Å². The second-order valence-corrected chi connectivity index (χ2v) is 5.46. The first kappa shape index (κ1) is 12.7. The first-order valence-electron chi connectivity index (χ1n) is 5.72. The molecule has 1 N–H and O–H groups in total. The summed E-state index contributed by atoms with van der Waals surface area (Å²) in [6.45, 7) is 0. The first-order valence-corrected chi connectivity index (χ1v) is 6.71.